The van der Waals surface area contributed by atoms with Gasteiger partial charge in [0.05, 0.1) is 12.8 Å². The molecular formula is C19H16Cl2N2OS2. The summed E-state index contributed by atoms with van der Waals surface area (Å²) in [5, 5.41) is 1.93. The second kappa shape index (κ2) is 9.51. The summed E-state index contributed by atoms with van der Waals surface area (Å²) in [4.78, 5) is 10.2. The molecule has 0 saturated heterocycles. The van der Waals surface area contributed by atoms with Crippen LogP contribution < -0.4 is 4.74 Å². The lowest BCUT2D eigenvalue weighted by atomic mass is 10.2. The van der Waals surface area contributed by atoms with E-state index < -0.39 is 0 Å². The molecule has 26 heavy (non-hydrogen) atoms. The molecule has 0 aliphatic rings. The van der Waals surface area contributed by atoms with Gasteiger partial charge >= 0.3 is 0 Å². The lowest BCUT2D eigenvalue weighted by Gasteiger charge is -2.09. The molecule has 2 aromatic carbocycles. The van der Waals surface area contributed by atoms with Gasteiger partial charge in [0, 0.05) is 32.5 Å². The van der Waals surface area contributed by atoms with Gasteiger partial charge in [0.15, 0.2) is 5.16 Å². The number of benzene rings is 2. The summed E-state index contributed by atoms with van der Waals surface area (Å²) in [6.07, 6.45) is 0. The summed E-state index contributed by atoms with van der Waals surface area (Å²) in [7, 11) is 1.61. The number of hydrogen-bond acceptors (Lipinski definition) is 5. The molecule has 0 saturated carbocycles. The smallest absolute Gasteiger partial charge is 0.217 e. The maximum absolute atomic E-state index is 6.24. The Morgan fingerprint density at radius 1 is 0.885 bits per heavy atom. The van der Waals surface area contributed by atoms with Gasteiger partial charge in [0.25, 0.3) is 0 Å². The topological polar surface area (TPSA) is 35.0 Å². The van der Waals surface area contributed by atoms with Gasteiger partial charge in [-0.15, -0.1) is 11.8 Å². The van der Waals surface area contributed by atoms with Crippen LogP contribution in [-0.4, -0.2) is 17.1 Å². The Morgan fingerprint density at radius 2 is 1.62 bits per heavy atom. The van der Waals surface area contributed by atoms with Crippen molar-refractivity contribution in [2.45, 2.75) is 21.6 Å². The van der Waals surface area contributed by atoms with Crippen molar-refractivity contribution in [3.8, 4) is 5.88 Å². The van der Waals surface area contributed by atoms with E-state index in [1.54, 1.807) is 18.9 Å². The molecule has 134 valence electrons. The molecule has 0 atom stereocenters. The summed E-state index contributed by atoms with van der Waals surface area (Å²) >= 11 is 15.7. The summed E-state index contributed by atoms with van der Waals surface area (Å²) in [6.45, 7) is 0. The van der Waals surface area contributed by atoms with Crippen LogP contribution in [0.1, 0.15) is 11.3 Å². The second-order valence-electron chi connectivity index (χ2n) is 5.27. The number of ether oxygens (including phenoxy) is 1. The third-order valence-corrected chi connectivity index (χ3v) is 6.11. The average molecular weight is 423 g/mol. The fourth-order valence-electron chi connectivity index (χ4n) is 2.17. The summed E-state index contributed by atoms with van der Waals surface area (Å²) in [5.74, 6) is 1.89. The van der Waals surface area contributed by atoms with Gasteiger partial charge in [0.1, 0.15) is 0 Å². The van der Waals surface area contributed by atoms with Crippen molar-refractivity contribution < 1.29 is 4.74 Å². The molecule has 1 aromatic heterocycles. The molecule has 3 nitrogen and oxygen atoms in total. The molecule has 1 heterocycles. The number of rotatable bonds is 7. The molecule has 0 aliphatic carbocycles. The first-order valence-electron chi connectivity index (χ1n) is 7.81. The fourth-order valence-corrected chi connectivity index (χ4v) is 4.60. The van der Waals surface area contributed by atoms with Gasteiger partial charge < -0.3 is 4.74 Å². The van der Waals surface area contributed by atoms with Crippen LogP contribution in [0.5, 0.6) is 5.88 Å². The minimum Gasteiger partial charge on any atom is -0.481 e. The van der Waals surface area contributed by atoms with E-state index in [4.69, 9.17) is 27.9 Å². The molecule has 7 heteroatoms. The van der Waals surface area contributed by atoms with Crippen molar-refractivity contribution >= 4 is 46.7 Å². The predicted molar refractivity (Wildman–Crippen MR) is 111 cm³/mol. The Hall–Kier alpha value is -1.40. The zero-order chi connectivity index (χ0) is 18.4. The summed E-state index contributed by atoms with van der Waals surface area (Å²) < 4.78 is 5.32. The Balaban J connectivity index is 1.72. The Kier molecular flexibility index (Phi) is 7.08. The quantitative estimate of drug-likeness (QED) is 0.326. The van der Waals surface area contributed by atoms with Crippen LogP contribution >= 0.6 is 46.7 Å². The van der Waals surface area contributed by atoms with Crippen molar-refractivity contribution in [2.75, 3.05) is 7.11 Å². The summed E-state index contributed by atoms with van der Waals surface area (Å²) in [5.41, 5.74) is 1.80. The third-order valence-electron chi connectivity index (χ3n) is 3.48. The van der Waals surface area contributed by atoms with Gasteiger partial charge in [-0.25, -0.2) is 4.98 Å². The van der Waals surface area contributed by atoms with Crippen LogP contribution in [-0.2, 0) is 11.5 Å². The van der Waals surface area contributed by atoms with Crippen LogP contribution in [0, 0.1) is 0 Å². The fraction of sp³-hybridized carbons (Fsp3) is 0.158. The molecular weight excluding hydrogens is 407 g/mol. The van der Waals surface area contributed by atoms with Gasteiger partial charge in [-0.2, -0.15) is 4.98 Å². The van der Waals surface area contributed by atoms with Crippen LogP contribution in [0.4, 0.5) is 0 Å². The zero-order valence-corrected chi connectivity index (χ0v) is 17.1. The molecule has 0 N–H and O–H groups in total. The lowest BCUT2D eigenvalue weighted by molar-refractivity contribution is 0.391. The van der Waals surface area contributed by atoms with Gasteiger partial charge in [-0.05, 0) is 29.8 Å². The minimum absolute atomic E-state index is 0.552. The van der Waals surface area contributed by atoms with Gasteiger partial charge in [-0.1, -0.05) is 59.2 Å². The van der Waals surface area contributed by atoms with E-state index in [1.807, 2.05) is 42.5 Å². The molecule has 3 aromatic rings. The van der Waals surface area contributed by atoms with Crippen molar-refractivity contribution in [1.82, 2.24) is 9.97 Å². The molecule has 0 fully saturated rings. The standard InChI is InChI=1S/C19H16Cl2N2OS2/c1-24-18-10-13(11-25-14-6-3-2-4-7-14)22-19(23-18)26-12-15-16(20)8-5-9-17(15)21/h2-10H,11-12H2,1H3. The van der Waals surface area contributed by atoms with E-state index in [9.17, 15) is 0 Å². The molecule has 0 bridgehead atoms. The number of nitrogens with zero attached hydrogens (tertiary/aromatic N) is 2. The van der Waals surface area contributed by atoms with Crippen molar-refractivity contribution in [1.29, 1.82) is 0 Å². The van der Waals surface area contributed by atoms with E-state index in [0.717, 1.165) is 17.0 Å². The van der Waals surface area contributed by atoms with Gasteiger partial charge in [-0.3, -0.25) is 0 Å². The monoisotopic (exact) mass is 422 g/mol. The summed E-state index contributed by atoms with van der Waals surface area (Å²) in [6, 6.07) is 17.6. The molecule has 3 rings (SSSR count). The van der Waals surface area contributed by atoms with E-state index in [-0.39, 0.29) is 0 Å². The highest BCUT2D eigenvalue weighted by Crippen LogP contribution is 2.31. The first kappa shape index (κ1) is 19.4. The number of halogens is 2. The highest BCUT2D eigenvalue weighted by molar-refractivity contribution is 7.98. The van der Waals surface area contributed by atoms with Crippen LogP contribution in [0.3, 0.4) is 0 Å². The molecule has 0 amide bonds. The Bertz CT molecular complexity index is 858. The molecule has 0 radical (unpaired) electrons. The average Bonchev–Trinajstić information content (AvgIpc) is 2.66. The number of hydrogen-bond donors (Lipinski definition) is 0. The van der Waals surface area contributed by atoms with Crippen LogP contribution in [0.25, 0.3) is 0 Å². The number of thioether (sulfide) groups is 2. The largest absolute Gasteiger partial charge is 0.481 e. The van der Waals surface area contributed by atoms with Crippen LogP contribution in [0.2, 0.25) is 10.0 Å². The van der Waals surface area contributed by atoms with Crippen LogP contribution in [0.15, 0.2) is 64.6 Å². The molecule has 0 unspecified atom stereocenters. The number of aromatic nitrogens is 2. The van der Waals surface area contributed by atoms with Crippen molar-refractivity contribution in [2.24, 2.45) is 0 Å². The maximum atomic E-state index is 6.24. The van der Waals surface area contributed by atoms with Crippen molar-refractivity contribution in [3.05, 3.63) is 75.9 Å². The highest BCUT2D eigenvalue weighted by Gasteiger charge is 2.10. The van der Waals surface area contributed by atoms with E-state index in [1.165, 1.54) is 16.7 Å². The molecule has 0 spiro atoms. The Labute approximate surface area is 171 Å². The van der Waals surface area contributed by atoms with E-state index >= 15 is 0 Å². The predicted octanol–water partition coefficient (Wildman–Crippen LogP) is 6.38. The third kappa shape index (κ3) is 5.30. The molecule has 0 aliphatic heterocycles. The highest BCUT2D eigenvalue weighted by atomic mass is 35.5. The SMILES string of the molecule is COc1cc(CSc2ccccc2)nc(SCc2c(Cl)cccc2Cl)n1. The van der Waals surface area contributed by atoms with E-state index in [2.05, 4.69) is 22.1 Å². The zero-order valence-electron chi connectivity index (χ0n) is 14.0. The van der Waals surface area contributed by atoms with E-state index in [0.29, 0.717) is 26.8 Å². The number of methoxy groups -OCH3 is 1. The normalized spacial score (nSPS) is 10.7. The second-order valence-corrected chi connectivity index (χ2v) is 8.08. The van der Waals surface area contributed by atoms with Gasteiger partial charge in [0.2, 0.25) is 5.88 Å². The lowest BCUT2D eigenvalue weighted by Crippen LogP contribution is -1.98. The first-order chi connectivity index (χ1) is 12.7. The Morgan fingerprint density at radius 3 is 2.31 bits per heavy atom. The van der Waals surface area contributed by atoms with Crippen molar-refractivity contribution in [3.63, 3.8) is 0 Å². The maximum Gasteiger partial charge on any atom is 0.217 e. The first-order valence-corrected chi connectivity index (χ1v) is 10.5. The minimum atomic E-state index is 0.552.